The number of carbonyl (C=O) groups excluding carboxylic acids is 1. The van der Waals surface area contributed by atoms with E-state index in [0.29, 0.717) is 12.5 Å². The van der Waals surface area contributed by atoms with Crippen molar-refractivity contribution < 1.29 is 14.4 Å². The summed E-state index contributed by atoms with van der Waals surface area (Å²) in [5.41, 5.74) is 0. The molecule has 1 N–H and O–H groups in total. The fraction of sp³-hybridized carbons (Fsp3) is 0.929. The molecule has 3 nitrogen and oxygen atoms in total. The average molecular weight is 240 g/mol. The summed E-state index contributed by atoms with van der Waals surface area (Å²) in [5.74, 6) is 0.586. The van der Waals surface area contributed by atoms with Gasteiger partial charge in [0.25, 0.3) is 0 Å². The van der Waals surface area contributed by atoms with Crippen molar-refractivity contribution in [3.05, 3.63) is 0 Å². The Labute approximate surface area is 105 Å². The third kappa shape index (κ3) is 3.21. The highest BCUT2D eigenvalue weighted by Crippen LogP contribution is 2.20. The summed E-state index contributed by atoms with van der Waals surface area (Å²) in [7, 11) is 0. The van der Waals surface area contributed by atoms with Crippen LogP contribution >= 0.6 is 0 Å². The number of ether oxygens (including phenoxy) is 1. The maximum absolute atomic E-state index is 11.5. The van der Waals surface area contributed by atoms with E-state index in [9.17, 15) is 4.79 Å². The van der Waals surface area contributed by atoms with Crippen molar-refractivity contribution in [1.29, 1.82) is 0 Å². The molecule has 0 aromatic carbocycles. The van der Waals surface area contributed by atoms with Crippen LogP contribution in [0.15, 0.2) is 0 Å². The largest absolute Gasteiger partial charge is 0.465 e. The van der Waals surface area contributed by atoms with Crippen LogP contribution in [0.5, 0.6) is 0 Å². The van der Waals surface area contributed by atoms with Crippen LogP contribution in [-0.2, 0) is 9.53 Å². The molecule has 1 unspecified atom stereocenters. The van der Waals surface area contributed by atoms with Crippen LogP contribution in [0.3, 0.4) is 0 Å². The third-order valence-electron chi connectivity index (χ3n) is 4.34. The quantitative estimate of drug-likeness (QED) is 0.747. The summed E-state index contributed by atoms with van der Waals surface area (Å²) in [5, 5.41) is 0. The predicted molar refractivity (Wildman–Crippen MR) is 66.9 cm³/mol. The Balaban J connectivity index is 1.84. The summed E-state index contributed by atoms with van der Waals surface area (Å²) in [6.45, 7) is 7.13. The molecule has 0 bridgehead atoms. The molecule has 2 aliphatic heterocycles. The second kappa shape index (κ2) is 5.85. The Morgan fingerprint density at radius 1 is 1.24 bits per heavy atom. The van der Waals surface area contributed by atoms with Crippen LogP contribution in [0.2, 0.25) is 0 Å². The molecule has 0 radical (unpaired) electrons. The van der Waals surface area contributed by atoms with Gasteiger partial charge in [-0.1, -0.05) is 13.8 Å². The molecular weight excluding hydrogens is 214 g/mol. The zero-order chi connectivity index (χ0) is 12.3. The number of rotatable bonds is 3. The molecule has 0 amide bonds. The van der Waals surface area contributed by atoms with Crippen molar-refractivity contribution in [2.24, 2.45) is 11.8 Å². The van der Waals surface area contributed by atoms with Crippen LogP contribution < -0.4 is 4.90 Å². The number of piperidine rings is 2. The predicted octanol–water partition coefficient (Wildman–Crippen LogP) is 1.03. The molecule has 0 aromatic heterocycles. The zero-order valence-corrected chi connectivity index (χ0v) is 11.2. The third-order valence-corrected chi connectivity index (χ3v) is 4.34. The number of quaternary nitrogens is 1. The van der Waals surface area contributed by atoms with Gasteiger partial charge in [-0.25, -0.2) is 0 Å². The number of esters is 1. The minimum Gasteiger partial charge on any atom is -0.465 e. The van der Waals surface area contributed by atoms with E-state index < -0.39 is 0 Å². The molecule has 17 heavy (non-hydrogen) atoms. The maximum atomic E-state index is 11.5. The molecule has 0 spiro atoms. The fourth-order valence-corrected chi connectivity index (χ4v) is 3.33. The van der Waals surface area contributed by atoms with Crippen LogP contribution in [0.4, 0.5) is 0 Å². The van der Waals surface area contributed by atoms with Crippen LogP contribution in [-0.4, -0.2) is 31.7 Å². The van der Waals surface area contributed by atoms with Gasteiger partial charge in [-0.3, -0.25) is 4.79 Å². The van der Waals surface area contributed by atoms with Crippen LogP contribution in [0.1, 0.15) is 46.0 Å². The lowest BCUT2D eigenvalue weighted by Gasteiger charge is -2.41. The van der Waals surface area contributed by atoms with E-state index in [1.807, 2.05) is 13.8 Å². The number of nitrogens with one attached hydrogen (secondary N) is 1. The van der Waals surface area contributed by atoms with Gasteiger partial charge in [-0.15, -0.1) is 0 Å². The Hall–Kier alpha value is -0.570. The van der Waals surface area contributed by atoms with Crippen LogP contribution in [0.25, 0.3) is 0 Å². The molecule has 2 fully saturated rings. The minimum absolute atomic E-state index is 0.00777. The van der Waals surface area contributed by atoms with Gasteiger partial charge in [0.15, 0.2) is 0 Å². The van der Waals surface area contributed by atoms with Gasteiger partial charge in [0.1, 0.15) is 0 Å². The number of hydrogen-bond donors (Lipinski definition) is 1. The molecular formula is C14H26NO2+. The van der Waals surface area contributed by atoms with E-state index in [1.165, 1.54) is 45.2 Å². The van der Waals surface area contributed by atoms with Gasteiger partial charge in [-0.05, 0) is 32.1 Å². The summed E-state index contributed by atoms with van der Waals surface area (Å²) < 4.78 is 5.44. The summed E-state index contributed by atoms with van der Waals surface area (Å²) >= 11 is 0. The van der Waals surface area contributed by atoms with Crippen molar-refractivity contribution in [1.82, 2.24) is 0 Å². The topological polar surface area (TPSA) is 30.7 Å². The highest BCUT2D eigenvalue weighted by atomic mass is 16.5. The van der Waals surface area contributed by atoms with Crippen LogP contribution in [0, 0.1) is 11.8 Å². The first kappa shape index (κ1) is 12.9. The molecule has 0 aromatic rings. The van der Waals surface area contributed by atoms with Crippen molar-refractivity contribution in [3.8, 4) is 0 Å². The molecule has 0 saturated carbocycles. The van der Waals surface area contributed by atoms with Crippen molar-refractivity contribution in [2.45, 2.75) is 52.0 Å². The summed E-state index contributed by atoms with van der Waals surface area (Å²) in [6, 6.07) is 0.762. The van der Waals surface area contributed by atoms with E-state index in [0.717, 1.165) is 6.04 Å². The van der Waals surface area contributed by atoms with Gasteiger partial charge in [0.05, 0.1) is 31.7 Å². The fourth-order valence-electron chi connectivity index (χ4n) is 3.33. The lowest BCUT2D eigenvalue weighted by Crippen LogP contribution is -3.18. The molecule has 3 atom stereocenters. The first-order valence-corrected chi connectivity index (χ1v) is 7.19. The molecule has 2 heterocycles. The summed E-state index contributed by atoms with van der Waals surface area (Å²) in [6.07, 6.45) is 6.63. The van der Waals surface area contributed by atoms with Crippen molar-refractivity contribution >= 4 is 5.97 Å². The maximum Gasteiger partial charge on any atom is 0.308 e. The van der Waals surface area contributed by atoms with Gasteiger partial charge >= 0.3 is 5.97 Å². The first-order chi connectivity index (χ1) is 8.18. The Kier molecular flexibility index (Phi) is 4.43. The Morgan fingerprint density at radius 3 is 2.76 bits per heavy atom. The minimum atomic E-state index is -0.0343. The normalized spacial score (nSPS) is 33.2. The SMILES string of the molecule is CC(C)C(=O)OC[C@@H]1CCC[NH+]2CCCC[C@H]12. The second-order valence-corrected chi connectivity index (χ2v) is 5.95. The molecule has 2 aliphatic rings. The van der Waals surface area contributed by atoms with E-state index in [-0.39, 0.29) is 11.9 Å². The number of carbonyl (C=O) groups is 1. The standard InChI is InChI=1S/C14H25NO2/c1-11(2)14(16)17-10-12-6-5-9-15-8-4-3-7-13(12)15/h11-13H,3-10H2,1-2H3/p+1/t12-,13+/m0/s1. The van der Waals surface area contributed by atoms with Crippen molar-refractivity contribution in [3.63, 3.8) is 0 Å². The Bertz CT molecular complexity index is 263. The van der Waals surface area contributed by atoms with Gasteiger partial charge in [0.2, 0.25) is 0 Å². The van der Waals surface area contributed by atoms with E-state index >= 15 is 0 Å². The van der Waals surface area contributed by atoms with Gasteiger partial charge in [-0.2, -0.15) is 0 Å². The summed E-state index contributed by atoms with van der Waals surface area (Å²) in [4.78, 5) is 13.3. The average Bonchev–Trinajstić information content (AvgIpc) is 2.35. The van der Waals surface area contributed by atoms with Crippen molar-refractivity contribution in [2.75, 3.05) is 19.7 Å². The molecule has 2 saturated heterocycles. The lowest BCUT2D eigenvalue weighted by atomic mass is 9.84. The number of fused-ring (bicyclic) bond motifs is 1. The second-order valence-electron chi connectivity index (χ2n) is 5.95. The molecule has 0 aliphatic carbocycles. The first-order valence-electron chi connectivity index (χ1n) is 7.19. The van der Waals surface area contributed by atoms with E-state index in [2.05, 4.69) is 0 Å². The highest BCUT2D eigenvalue weighted by Gasteiger charge is 2.37. The van der Waals surface area contributed by atoms with E-state index in [1.54, 1.807) is 4.90 Å². The van der Waals surface area contributed by atoms with E-state index in [4.69, 9.17) is 4.74 Å². The molecule has 3 heteroatoms. The Morgan fingerprint density at radius 2 is 2.00 bits per heavy atom. The van der Waals surface area contributed by atoms with Gasteiger partial charge in [0, 0.05) is 5.92 Å². The van der Waals surface area contributed by atoms with Gasteiger partial charge < -0.3 is 9.64 Å². The zero-order valence-electron chi connectivity index (χ0n) is 11.2. The molecule has 2 rings (SSSR count). The highest BCUT2D eigenvalue weighted by molar-refractivity contribution is 5.71. The monoisotopic (exact) mass is 240 g/mol. The number of hydrogen-bond acceptors (Lipinski definition) is 2. The molecule has 98 valence electrons. The lowest BCUT2D eigenvalue weighted by molar-refractivity contribution is -0.940. The smallest absolute Gasteiger partial charge is 0.308 e.